The number of ether oxygens (including phenoxy) is 2. The highest BCUT2D eigenvalue weighted by Gasteiger charge is 2.38. The standard InChI is InChI=1S/C19H36N4O2.HI/c1-20-18(21-9-12-25-15-17-5-6-17)22-16-19(7-3-2-4-8-19)23-10-13-24-14-11-23;/h17H,2-16H2,1H3,(H2,20,21,22);1H. The number of nitrogens with one attached hydrogen (secondary N) is 2. The van der Waals surface area contributed by atoms with Gasteiger partial charge in [0.05, 0.1) is 19.8 Å². The van der Waals surface area contributed by atoms with Gasteiger partial charge < -0.3 is 20.1 Å². The number of nitrogens with zero attached hydrogens (tertiary/aromatic N) is 2. The molecular formula is C19H37IN4O2. The summed E-state index contributed by atoms with van der Waals surface area (Å²) in [6.45, 7) is 7.32. The fourth-order valence-corrected chi connectivity index (χ4v) is 4.10. The molecule has 0 radical (unpaired) electrons. The molecule has 0 aromatic carbocycles. The van der Waals surface area contributed by atoms with Crippen LogP contribution >= 0.6 is 24.0 Å². The summed E-state index contributed by atoms with van der Waals surface area (Å²) in [4.78, 5) is 7.05. The molecule has 0 atom stereocenters. The van der Waals surface area contributed by atoms with Gasteiger partial charge in [-0.1, -0.05) is 19.3 Å². The van der Waals surface area contributed by atoms with E-state index in [1.165, 1.54) is 44.9 Å². The Morgan fingerprint density at radius 2 is 1.88 bits per heavy atom. The second-order valence-corrected chi connectivity index (χ2v) is 7.76. The van der Waals surface area contributed by atoms with Crippen molar-refractivity contribution in [3.05, 3.63) is 0 Å². The SMILES string of the molecule is CN=C(NCCOCC1CC1)NCC1(N2CCOCC2)CCCCC1.I. The molecule has 3 rings (SSSR count). The smallest absolute Gasteiger partial charge is 0.191 e. The fourth-order valence-electron chi connectivity index (χ4n) is 4.10. The van der Waals surface area contributed by atoms with Crippen LogP contribution in [0.4, 0.5) is 0 Å². The highest BCUT2D eigenvalue weighted by molar-refractivity contribution is 14.0. The minimum atomic E-state index is 0. The first-order valence-corrected chi connectivity index (χ1v) is 10.2. The summed E-state index contributed by atoms with van der Waals surface area (Å²) in [7, 11) is 1.85. The molecule has 0 amide bonds. The lowest BCUT2D eigenvalue weighted by molar-refractivity contribution is -0.0352. The molecule has 0 unspecified atom stereocenters. The molecule has 1 aliphatic heterocycles. The van der Waals surface area contributed by atoms with Crippen molar-refractivity contribution in [2.45, 2.75) is 50.5 Å². The van der Waals surface area contributed by atoms with Crippen molar-refractivity contribution in [2.75, 3.05) is 59.7 Å². The molecule has 2 saturated carbocycles. The van der Waals surface area contributed by atoms with Gasteiger partial charge in [-0.3, -0.25) is 9.89 Å². The average Bonchev–Trinajstić information content (AvgIpc) is 3.50. The Morgan fingerprint density at radius 3 is 2.54 bits per heavy atom. The lowest BCUT2D eigenvalue weighted by Gasteiger charge is -2.48. The van der Waals surface area contributed by atoms with Crippen molar-refractivity contribution in [1.29, 1.82) is 0 Å². The van der Waals surface area contributed by atoms with Gasteiger partial charge in [-0.15, -0.1) is 24.0 Å². The molecule has 1 heterocycles. The molecule has 3 fully saturated rings. The van der Waals surface area contributed by atoms with E-state index in [1.807, 2.05) is 7.05 Å². The second-order valence-electron chi connectivity index (χ2n) is 7.76. The van der Waals surface area contributed by atoms with Crippen LogP contribution in [0.15, 0.2) is 4.99 Å². The first-order valence-electron chi connectivity index (χ1n) is 10.2. The van der Waals surface area contributed by atoms with Crippen LogP contribution in [0.3, 0.4) is 0 Å². The van der Waals surface area contributed by atoms with Gasteiger partial charge in [-0.25, -0.2) is 0 Å². The van der Waals surface area contributed by atoms with Crippen molar-refractivity contribution in [3.63, 3.8) is 0 Å². The van der Waals surface area contributed by atoms with E-state index in [0.717, 1.165) is 64.5 Å². The van der Waals surface area contributed by atoms with Crippen LogP contribution in [-0.4, -0.2) is 76.1 Å². The van der Waals surface area contributed by atoms with Gasteiger partial charge in [0.1, 0.15) is 0 Å². The van der Waals surface area contributed by atoms with Crippen LogP contribution in [0.25, 0.3) is 0 Å². The summed E-state index contributed by atoms with van der Waals surface area (Å²) in [5.41, 5.74) is 0.266. The van der Waals surface area contributed by atoms with Gasteiger partial charge in [-0.2, -0.15) is 0 Å². The summed E-state index contributed by atoms with van der Waals surface area (Å²) in [5.74, 6) is 1.73. The van der Waals surface area contributed by atoms with Crippen molar-refractivity contribution in [2.24, 2.45) is 10.9 Å². The average molecular weight is 480 g/mol. The first-order chi connectivity index (χ1) is 12.3. The largest absolute Gasteiger partial charge is 0.379 e. The van der Waals surface area contributed by atoms with E-state index in [2.05, 4.69) is 20.5 Å². The normalized spacial score (nSPS) is 24.0. The first kappa shape index (κ1) is 22.2. The van der Waals surface area contributed by atoms with Gasteiger partial charge in [0.2, 0.25) is 0 Å². The van der Waals surface area contributed by atoms with Crippen molar-refractivity contribution >= 4 is 29.9 Å². The molecule has 26 heavy (non-hydrogen) atoms. The van der Waals surface area contributed by atoms with E-state index in [1.54, 1.807) is 0 Å². The van der Waals surface area contributed by atoms with Gasteiger partial charge in [0.15, 0.2) is 5.96 Å². The monoisotopic (exact) mass is 480 g/mol. The number of hydrogen-bond acceptors (Lipinski definition) is 4. The van der Waals surface area contributed by atoms with E-state index in [4.69, 9.17) is 9.47 Å². The van der Waals surface area contributed by atoms with Crippen LogP contribution in [0.2, 0.25) is 0 Å². The van der Waals surface area contributed by atoms with Crippen molar-refractivity contribution < 1.29 is 9.47 Å². The molecule has 0 spiro atoms. The maximum Gasteiger partial charge on any atom is 0.191 e. The zero-order valence-corrected chi connectivity index (χ0v) is 18.6. The van der Waals surface area contributed by atoms with E-state index in [0.29, 0.717) is 0 Å². The summed E-state index contributed by atoms with van der Waals surface area (Å²) < 4.78 is 11.3. The van der Waals surface area contributed by atoms with Crippen molar-refractivity contribution in [1.82, 2.24) is 15.5 Å². The van der Waals surface area contributed by atoms with Crippen molar-refractivity contribution in [3.8, 4) is 0 Å². The number of hydrogen-bond donors (Lipinski definition) is 2. The zero-order valence-electron chi connectivity index (χ0n) is 16.3. The Balaban J connectivity index is 0.00000243. The van der Waals surface area contributed by atoms with Crippen LogP contribution < -0.4 is 10.6 Å². The number of rotatable bonds is 8. The Labute approximate surface area is 175 Å². The molecule has 1 saturated heterocycles. The van der Waals surface area contributed by atoms with E-state index in [-0.39, 0.29) is 29.5 Å². The quantitative estimate of drug-likeness (QED) is 0.242. The molecule has 0 aromatic rings. The van der Waals surface area contributed by atoms with E-state index in [9.17, 15) is 0 Å². The lowest BCUT2D eigenvalue weighted by Crippen LogP contribution is -2.60. The molecule has 6 nitrogen and oxygen atoms in total. The summed E-state index contributed by atoms with van der Waals surface area (Å²) in [6, 6.07) is 0. The fraction of sp³-hybridized carbons (Fsp3) is 0.947. The van der Waals surface area contributed by atoms with Crippen LogP contribution in [0.5, 0.6) is 0 Å². The molecule has 2 aliphatic carbocycles. The van der Waals surface area contributed by atoms with E-state index >= 15 is 0 Å². The summed E-state index contributed by atoms with van der Waals surface area (Å²) in [5, 5.41) is 6.98. The third-order valence-corrected chi connectivity index (χ3v) is 5.86. The van der Waals surface area contributed by atoms with Crippen LogP contribution in [-0.2, 0) is 9.47 Å². The van der Waals surface area contributed by atoms with Gasteiger partial charge in [0.25, 0.3) is 0 Å². The Hall–Kier alpha value is -0.120. The third-order valence-electron chi connectivity index (χ3n) is 5.86. The maximum absolute atomic E-state index is 5.69. The van der Waals surface area contributed by atoms with Gasteiger partial charge >= 0.3 is 0 Å². The Morgan fingerprint density at radius 1 is 1.15 bits per heavy atom. The van der Waals surface area contributed by atoms with E-state index < -0.39 is 0 Å². The third kappa shape index (κ3) is 6.80. The van der Waals surface area contributed by atoms with Crippen LogP contribution in [0.1, 0.15) is 44.9 Å². The molecule has 0 aromatic heterocycles. The number of aliphatic imine (C=N–C) groups is 1. The Bertz CT molecular complexity index is 420. The summed E-state index contributed by atoms with van der Waals surface area (Å²) >= 11 is 0. The topological polar surface area (TPSA) is 58.1 Å². The lowest BCUT2D eigenvalue weighted by atomic mass is 9.80. The summed E-state index contributed by atoms with van der Waals surface area (Å²) in [6.07, 6.45) is 9.29. The Kier molecular flexibility index (Phi) is 9.94. The van der Waals surface area contributed by atoms with Crippen LogP contribution in [0, 0.1) is 5.92 Å². The molecule has 7 heteroatoms. The number of morpholine rings is 1. The van der Waals surface area contributed by atoms with Gasteiger partial charge in [-0.05, 0) is 31.6 Å². The number of halogens is 1. The minimum absolute atomic E-state index is 0. The highest BCUT2D eigenvalue weighted by atomic mass is 127. The maximum atomic E-state index is 5.69. The molecule has 0 bridgehead atoms. The molecule has 152 valence electrons. The highest BCUT2D eigenvalue weighted by Crippen LogP contribution is 2.33. The second kappa shape index (κ2) is 11.7. The minimum Gasteiger partial charge on any atom is -0.379 e. The zero-order chi connectivity index (χ0) is 17.4. The molecular weight excluding hydrogens is 443 g/mol. The predicted octanol–water partition coefficient (Wildman–Crippen LogP) is 2.23. The molecule has 3 aliphatic rings. The number of guanidine groups is 1. The van der Waals surface area contributed by atoms with Gasteiger partial charge in [0, 0.05) is 45.4 Å². The molecule has 2 N–H and O–H groups in total. The predicted molar refractivity (Wildman–Crippen MR) is 117 cm³/mol.